The molecule has 4 nitrogen and oxygen atoms in total. The summed E-state index contributed by atoms with van der Waals surface area (Å²) in [7, 11) is -4.17. The van der Waals surface area contributed by atoms with Gasteiger partial charge in [-0.2, -0.15) is 0 Å². The molecule has 6 heteroatoms. The van der Waals surface area contributed by atoms with E-state index in [4.69, 9.17) is 9.05 Å². The van der Waals surface area contributed by atoms with Gasteiger partial charge < -0.3 is 13.9 Å². The Kier molecular flexibility index (Phi) is 17.2. The van der Waals surface area contributed by atoms with Gasteiger partial charge in [0.05, 0.1) is 12.2 Å². The zero-order valence-electron chi connectivity index (χ0n) is 14.7. The van der Waals surface area contributed by atoms with Gasteiger partial charge in [-0.15, -0.1) is 0 Å². The topological polar surface area (TPSA) is 58.6 Å². The van der Waals surface area contributed by atoms with Crippen molar-refractivity contribution >= 4 is 7.82 Å². The molecule has 0 aliphatic heterocycles. The maximum atomic E-state index is 11.8. The minimum absolute atomic E-state index is 0. The molecule has 0 spiro atoms. The van der Waals surface area contributed by atoms with Crippen molar-refractivity contribution in [1.29, 1.82) is 0 Å². The summed E-state index contributed by atoms with van der Waals surface area (Å²) < 4.78 is 22.0. The Hall–Kier alpha value is 0.642. The van der Waals surface area contributed by atoms with Crippen LogP contribution < -0.4 is 4.89 Å². The molecule has 0 fully saturated rings. The number of unbranched alkanes of at least 4 members (excludes halogenated alkanes) is 6. The van der Waals surface area contributed by atoms with E-state index in [2.05, 4.69) is 13.8 Å². The molecule has 0 amide bonds. The molecule has 0 rings (SSSR count). The first-order chi connectivity index (χ1) is 9.91. The van der Waals surface area contributed by atoms with Gasteiger partial charge in [0.2, 0.25) is 0 Å². The fourth-order valence-electron chi connectivity index (χ4n) is 2.29. The number of phosphoric acid groups is 1. The van der Waals surface area contributed by atoms with E-state index in [-0.39, 0.29) is 29.6 Å². The molecule has 0 aliphatic carbocycles. The minimum Gasteiger partial charge on any atom is -0.756 e. The van der Waals surface area contributed by atoms with Crippen LogP contribution in [0.4, 0.5) is 0 Å². The summed E-state index contributed by atoms with van der Waals surface area (Å²) in [6.45, 7) is 7.90. The smallest absolute Gasteiger partial charge is 0.756 e. The van der Waals surface area contributed by atoms with Crippen molar-refractivity contribution < 1.29 is 35.9 Å². The normalized spacial score (nSPS) is 16.6. The maximum absolute atomic E-state index is 11.8. The third-order valence-electron chi connectivity index (χ3n) is 3.55. The fourth-order valence-corrected chi connectivity index (χ4v) is 3.43. The van der Waals surface area contributed by atoms with Crippen molar-refractivity contribution in [2.75, 3.05) is 0 Å². The Morgan fingerprint density at radius 3 is 1.50 bits per heavy atom. The van der Waals surface area contributed by atoms with Crippen LogP contribution in [0.3, 0.4) is 0 Å². The molecule has 2 atom stereocenters. The molecule has 0 aromatic heterocycles. The molecule has 0 N–H and O–H groups in total. The van der Waals surface area contributed by atoms with Gasteiger partial charge in [0.15, 0.2) is 0 Å². The Labute approximate surface area is 148 Å². The quantitative estimate of drug-likeness (QED) is 0.310. The molecule has 22 heavy (non-hydrogen) atoms. The molecule has 1 radical (unpaired) electrons. The van der Waals surface area contributed by atoms with Gasteiger partial charge in [-0.05, 0) is 26.7 Å². The summed E-state index contributed by atoms with van der Waals surface area (Å²) in [6.07, 6.45) is 9.92. The summed E-state index contributed by atoms with van der Waals surface area (Å²) in [5, 5.41) is 0. The zero-order valence-corrected chi connectivity index (χ0v) is 16.9. The van der Waals surface area contributed by atoms with E-state index in [9.17, 15) is 9.46 Å². The molecule has 0 aromatic rings. The van der Waals surface area contributed by atoms with Crippen LogP contribution in [0.1, 0.15) is 91.9 Å². The Bertz CT molecular complexity index is 265. The third-order valence-corrected chi connectivity index (χ3v) is 4.78. The van der Waals surface area contributed by atoms with Crippen molar-refractivity contribution in [3.05, 3.63) is 0 Å². The van der Waals surface area contributed by atoms with Crippen LogP contribution >= 0.6 is 7.82 Å². The van der Waals surface area contributed by atoms with E-state index in [0.29, 0.717) is 0 Å². The second-order valence-electron chi connectivity index (χ2n) is 5.98. The Morgan fingerprint density at radius 2 is 1.18 bits per heavy atom. The zero-order chi connectivity index (χ0) is 16.1. The van der Waals surface area contributed by atoms with Crippen LogP contribution in [-0.2, 0) is 31.0 Å². The van der Waals surface area contributed by atoms with Crippen LogP contribution in [0, 0.1) is 0 Å². The van der Waals surface area contributed by atoms with Crippen LogP contribution in [0.25, 0.3) is 0 Å². The first kappa shape index (κ1) is 24.9. The van der Waals surface area contributed by atoms with Crippen molar-refractivity contribution in [1.82, 2.24) is 0 Å². The van der Waals surface area contributed by atoms with Crippen molar-refractivity contribution in [2.45, 2.75) is 104 Å². The van der Waals surface area contributed by atoms with E-state index >= 15 is 0 Å². The fraction of sp³-hybridized carbons (Fsp3) is 1.00. The first-order valence-corrected chi connectivity index (χ1v) is 10.0. The predicted octanol–water partition coefficient (Wildman–Crippen LogP) is 5.20. The summed E-state index contributed by atoms with van der Waals surface area (Å²) in [4.78, 5) is 11.8. The molecule has 2 unspecified atom stereocenters. The van der Waals surface area contributed by atoms with Crippen LogP contribution in [0.2, 0.25) is 0 Å². The molecule has 0 aliphatic rings. The molecule has 0 saturated heterocycles. The van der Waals surface area contributed by atoms with Gasteiger partial charge in [-0.1, -0.05) is 65.2 Å². The average Bonchev–Trinajstić information content (AvgIpc) is 2.38. The van der Waals surface area contributed by atoms with E-state index in [1.54, 1.807) is 13.8 Å². The van der Waals surface area contributed by atoms with Crippen molar-refractivity contribution in [2.24, 2.45) is 0 Å². The Morgan fingerprint density at radius 1 is 0.818 bits per heavy atom. The molecular weight excluding hydrogens is 339 g/mol. The van der Waals surface area contributed by atoms with E-state index < -0.39 is 7.82 Å². The SMILES string of the molecule is CCCCCCC(C)OP(=O)([O-])OC(C)CCCCCC.[Cr+3]. The first-order valence-electron chi connectivity index (χ1n) is 8.59. The monoisotopic (exact) mass is 373 g/mol. The number of hydrogen-bond donors (Lipinski definition) is 0. The van der Waals surface area contributed by atoms with Gasteiger partial charge in [0.25, 0.3) is 7.82 Å². The molecular formula is C16H34CrO4P+2. The molecule has 131 valence electrons. The molecule has 0 aromatic carbocycles. The summed E-state index contributed by atoms with van der Waals surface area (Å²) in [5.41, 5.74) is 0. The largest absolute Gasteiger partial charge is 3.00 e. The van der Waals surface area contributed by atoms with Crippen LogP contribution in [-0.4, -0.2) is 12.2 Å². The summed E-state index contributed by atoms with van der Waals surface area (Å²) in [6, 6.07) is 0. The number of rotatable bonds is 14. The summed E-state index contributed by atoms with van der Waals surface area (Å²) >= 11 is 0. The van der Waals surface area contributed by atoms with Gasteiger partial charge in [-0.3, -0.25) is 4.57 Å². The maximum Gasteiger partial charge on any atom is 3.00 e. The molecule has 0 bridgehead atoms. The van der Waals surface area contributed by atoms with Crippen LogP contribution in [0.5, 0.6) is 0 Å². The standard InChI is InChI=1S/C16H35O4P.Cr/c1-5-7-9-11-13-15(3)19-21(17,18)20-16(4)14-12-10-8-6-2;/h15-16H,5-14H2,1-4H3,(H,17,18);/q;+3/p-1. The van der Waals surface area contributed by atoms with Crippen LogP contribution in [0.15, 0.2) is 0 Å². The minimum atomic E-state index is -4.17. The van der Waals surface area contributed by atoms with Gasteiger partial charge in [-0.25, -0.2) is 0 Å². The number of phosphoric ester groups is 1. The average molecular weight is 373 g/mol. The molecule has 0 heterocycles. The number of hydrogen-bond acceptors (Lipinski definition) is 4. The second-order valence-corrected chi connectivity index (χ2v) is 7.29. The Balaban J connectivity index is 0. The third kappa shape index (κ3) is 15.5. The summed E-state index contributed by atoms with van der Waals surface area (Å²) in [5.74, 6) is 0. The van der Waals surface area contributed by atoms with E-state index in [1.165, 1.54) is 25.7 Å². The van der Waals surface area contributed by atoms with Crippen molar-refractivity contribution in [3.8, 4) is 0 Å². The van der Waals surface area contributed by atoms with E-state index in [1.807, 2.05) is 0 Å². The van der Waals surface area contributed by atoms with Crippen molar-refractivity contribution in [3.63, 3.8) is 0 Å². The van der Waals surface area contributed by atoms with Gasteiger partial charge in [0.1, 0.15) is 0 Å². The predicted molar refractivity (Wildman–Crippen MR) is 86.2 cm³/mol. The van der Waals surface area contributed by atoms with E-state index in [0.717, 1.165) is 38.5 Å². The van der Waals surface area contributed by atoms with Gasteiger partial charge >= 0.3 is 17.4 Å². The second kappa shape index (κ2) is 15.2. The molecule has 0 saturated carbocycles. The van der Waals surface area contributed by atoms with Gasteiger partial charge in [0, 0.05) is 0 Å².